The van der Waals surface area contributed by atoms with Crippen LogP contribution in [0.15, 0.2) is 65.5 Å². The summed E-state index contributed by atoms with van der Waals surface area (Å²) in [7, 11) is 0. The number of nitrogens with zero attached hydrogens (tertiary/aromatic N) is 1. The van der Waals surface area contributed by atoms with E-state index in [9.17, 15) is 9.59 Å². The minimum Gasteiger partial charge on any atom is -0.316 e. The Labute approximate surface area is 127 Å². The van der Waals surface area contributed by atoms with E-state index < -0.39 is 0 Å². The van der Waals surface area contributed by atoms with Crippen LogP contribution in [-0.2, 0) is 0 Å². The third-order valence-corrected chi connectivity index (χ3v) is 3.43. The lowest BCUT2D eigenvalue weighted by Gasteiger charge is -2.06. The van der Waals surface area contributed by atoms with Gasteiger partial charge in [-0.2, -0.15) is 0 Å². The van der Waals surface area contributed by atoms with Crippen molar-refractivity contribution in [2.75, 3.05) is 5.32 Å². The molecule has 0 saturated carbocycles. The largest absolute Gasteiger partial charge is 0.316 e. The monoisotopic (exact) mass is 293 g/mol. The van der Waals surface area contributed by atoms with E-state index in [1.54, 1.807) is 35.9 Å². The smallest absolute Gasteiger partial charge is 0.288 e. The van der Waals surface area contributed by atoms with Crippen LogP contribution in [0.25, 0.3) is 5.69 Å². The molecule has 2 aromatic carbocycles. The molecule has 1 heterocycles. The second kappa shape index (κ2) is 5.73. The first-order chi connectivity index (χ1) is 10.7. The summed E-state index contributed by atoms with van der Waals surface area (Å²) >= 11 is 0. The lowest BCUT2D eigenvalue weighted by atomic mass is 10.2. The molecule has 0 bridgehead atoms. The molecule has 110 valence electrons. The van der Waals surface area contributed by atoms with Crippen LogP contribution >= 0.6 is 0 Å². The molecule has 0 saturated heterocycles. The molecule has 0 unspecified atom stereocenters. The summed E-state index contributed by atoms with van der Waals surface area (Å²) in [6, 6.07) is 18.2. The van der Waals surface area contributed by atoms with Gasteiger partial charge in [0.25, 0.3) is 11.5 Å². The third-order valence-electron chi connectivity index (χ3n) is 3.43. The number of carbonyl (C=O) groups excluding carboxylic acids is 1. The Kier molecular flexibility index (Phi) is 3.62. The van der Waals surface area contributed by atoms with E-state index in [1.165, 1.54) is 0 Å². The van der Waals surface area contributed by atoms with Gasteiger partial charge in [-0.3, -0.25) is 19.4 Å². The Morgan fingerprint density at radius 2 is 1.59 bits per heavy atom. The van der Waals surface area contributed by atoms with Crippen LogP contribution in [0.4, 0.5) is 5.69 Å². The number of aromatic nitrogens is 2. The standard InChI is InChI=1S/C17H15N3O2/c1-12-15(18-16(21)13-8-4-2-5-9-13)17(22)19-20(12)14-10-6-3-7-11-14/h2-11H,1H3,(H,18,21)(H,19,22). The van der Waals surface area contributed by atoms with Gasteiger partial charge in [-0.1, -0.05) is 36.4 Å². The molecule has 3 rings (SSSR count). The Morgan fingerprint density at radius 3 is 2.23 bits per heavy atom. The Balaban J connectivity index is 1.94. The number of amides is 1. The zero-order valence-corrected chi connectivity index (χ0v) is 12.0. The second-order valence-electron chi connectivity index (χ2n) is 4.89. The van der Waals surface area contributed by atoms with Crippen molar-refractivity contribution in [2.45, 2.75) is 6.92 Å². The number of aromatic amines is 1. The van der Waals surface area contributed by atoms with Gasteiger partial charge in [0.1, 0.15) is 5.69 Å². The average Bonchev–Trinajstić information content (AvgIpc) is 2.84. The highest BCUT2D eigenvalue weighted by Crippen LogP contribution is 2.15. The topological polar surface area (TPSA) is 66.9 Å². The molecule has 0 aliphatic heterocycles. The number of hydrogen-bond donors (Lipinski definition) is 2. The summed E-state index contributed by atoms with van der Waals surface area (Å²) in [5.74, 6) is -0.306. The van der Waals surface area contributed by atoms with E-state index in [-0.39, 0.29) is 17.2 Å². The Bertz CT molecular complexity index is 849. The van der Waals surface area contributed by atoms with Crippen LogP contribution in [0, 0.1) is 6.92 Å². The molecule has 0 atom stereocenters. The predicted octanol–water partition coefficient (Wildman–Crippen LogP) is 2.73. The van der Waals surface area contributed by atoms with Gasteiger partial charge < -0.3 is 5.32 Å². The number of H-pyrrole nitrogens is 1. The SMILES string of the molecule is Cc1c(NC(=O)c2ccccc2)c(=O)[nH]n1-c1ccccc1. The van der Waals surface area contributed by atoms with Gasteiger partial charge in [-0.05, 0) is 31.2 Å². The fraction of sp³-hybridized carbons (Fsp3) is 0.0588. The fourth-order valence-corrected chi connectivity index (χ4v) is 2.28. The summed E-state index contributed by atoms with van der Waals surface area (Å²) < 4.78 is 1.66. The number of para-hydroxylation sites is 1. The minimum absolute atomic E-state index is 0.262. The molecule has 0 radical (unpaired) electrons. The fourth-order valence-electron chi connectivity index (χ4n) is 2.28. The summed E-state index contributed by atoms with van der Waals surface area (Å²) in [5, 5.41) is 5.41. The van der Waals surface area contributed by atoms with Crippen LogP contribution < -0.4 is 10.9 Å². The normalized spacial score (nSPS) is 10.4. The number of benzene rings is 2. The maximum atomic E-state index is 12.2. The molecule has 0 fully saturated rings. The van der Waals surface area contributed by atoms with E-state index in [4.69, 9.17) is 0 Å². The van der Waals surface area contributed by atoms with Crippen LogP contribution in [0.3, 0.4) is 0 Å². The lowest BCUT2D eigenvalue weighted by Crippen LogP contribution is -2.17. The summed E-state index contributed by atoms with van der Waals surface area (Å²) in [5.41, 5.74) is 1.93. The molecule has 2 N–H and O–H groups in total. The molecule has 0 aliphatic rings. The predicted molar refractivity (Wildman–Crippen MR) is 85.5 cm³/mol. The Morgan fingerprint density at radius 1 is 1.00 bits per heavy atom. The van der Waals surface area contributed by atoms with Crippen molar-refractivity contribution in [3.8, 4) is 5.69 Å². The molecule has 1 amide bonds. The maximum Gasteiger partial charge on any atom is 0.288 e. The molecular formula is C17H15N3O2. The van der Waals surface area contributed by atoms with Gasteiger partial charge in [0, 0.05) is 5.56 Å². The van der Waals surface area contributed by atoms with Crippen LogP contribution in [0.5, 0.6) is 0 Å². The molecule has 3 aromatic rings. The van der Waals surface area contributed by atoms with Crippen LogP contribution in [0.2, 0.25) is 0 Å². The molecular weight excluding hydrogens is 278 g/mol. The minimum atomic E-state index is -0.328. The third kappa shape index (κ3) is 2.56. The molecule has 0 aliphatic carbocycles. The van der Waals surface area contributed by atoms with Gasteiger partial charge in [0.2, 0.25) is 0 Å². The lowest BCUT2D eigenvalue weighted by molar-refractivity contribution is 0.102. The first-order valence-electron chi connectivity index (χ1n) is 6.90. The zero-order chi connectivity index (χ0) is 15.5. The van der Waals surface area contributed by atoms with Gasteiger partial charge in [0.05, 0.1) is 11.4 Å². The van der Waals surface area contributed by atoms with E-state index in [1.807, 2.05) is 36.4 Å². The van der Waals surface area contributed by atoms with Crippen molar-refractivity contribution < 1.29 is 4.79 Å². The van der Waals surface area contributed by atoms with E-state index >= 15 is 0 Å². The Hall–Kier alpha value is -3.08. The number of nitrogens with one attached hydrogen (secondary N) is 2. The van der Waals surface area contributed by atoms with Crippen molar-refractivity contribution in [2.24, 2.45) is 0 Å². The first kappa shape index (κ1) is 13.9. The first-order valence-corrected chi connectivity index (χ1v) is 6.90. The molecule has 1 aromatic heterocycles. The van der Waals surface area contributed by atoms with Gasteiger partial charge in [0.15, 0.2) is 0 Å². The van der Waals surface area contributed by atoms with E-state index in [2.05, 4.69) is 10.4 Å². The van der Waals surface area contributed by atoms with E-state index in [0.29, 0.717) is 11.3 Å². The summed E-state index contributed by atoms with van der Waals surface area (Å²) in [6.45, 7) is 1.78. The van der Waals surface area contributed by atoms with Gasteiger partial charge in [-0.15, -0.1) is 0 Å². The number of rotatable bonds is 3. The van der Waals surface area contributed by atoms with Crippen molar-refractivity contribution in [3.05, 3.63) is 82.3 Å². The van der Waals surface area contributed by atoms with E-state index in [0.717, 1.165) is 5.69 Å². The zero-order valence-electron chi connectivity index (χ0n) is 12.0. The molecule has 22 heavy (non-hydrogen) atoms. The average molecular weight is 293 g/mol. The van der Waals surface area contributed by atoms with Crippen LogP contribution in [0.1, 0.15) is 16.1 Å². The number of carbonyl (C=O) groups is 1. The van der Waals surface area contributed by atoms with Gasteiger partial charge in [-0.25, -0.2) is 0 Å². The quantitative estimate of drug-likeness (QED) is 0.779. The summed E-state index contributed by atoms with van der Waals surface area (Å²) in [4.78, 5) is 24.3. The summed E-state index contributed by atoms with van der Waals surface area (Å²) in [6.07, 6.45) is 0. The van der Waals surface area contributed by atoms with Crippen LogP contribution in [-0.4, -0.2) is 15.7 Å². The second-order valence-corrected chi connectivity index (χ2v) is 4.89. The molecule has 0 spiro atoms. The van der Waals surface area contributed by atoms with Crippen molar-refractivity contribution in [3.63, 3.8) is 0 Å². The van der Waals surface area contributed by atoms with Crippen molar-refractivity contribution >= 4 is 11.6 Å². The molecule has 5 nitrogen and oxygen atoms in total. The highest BCUT2D eigenvalue weighted by atomic mass is 16.2. The van der Waals surface area contributed by atoms with Gasteiger partial charge >= 0.3 is 0 Å². The van der Waals surface area contributed by atoms with Crippen molar-refractivity contribution in [1.29, 1.82) is 0 Å². The molecule has 5 heteroatoms. The number of anilines is 1. The highest BCUT2D eigenvalue weighted by molar-refractivity contribution is 6.04. The maximum absolute atomic E-state index is 12.2. The van der Waals surface area contributed by atoms with Crippen molar-refractivity contribution in [1.82, 2.24) is 9.78 Å². The number of hydrogen-bond acceptors (Lipinski definition) is 2. The highest BCUT2D eigenvalue weighted by Gasteiger charge is 2.15.